The van der Waals surface area contributed by atoms with E-state index in [2.05, 4.69) is 0 Å². The smallest absolute Gasteiger partial charge is 0.153 e. The molecule has 0 amide bonds. The Balaban J connectivity index is 2.90. The lowest BCUT2D eigenvalue weighted by Crippen LogP contribution is -2.00. The Morgan fingerprint density at radius 2 is 2.08 bits per heavy atom. The van der Waals surface area contributed by atoms with Crippen LogP contribution in [0.5, 0.6) is 0 Å². The summed E-state index contributed by atoms with van der Waals surface area (Å²) in [4.78, 5) is 10.7. The van der Waals surface area contributed by atoms with Crippen LogP contribution in [0.3, 0.4) is 0 Å². The molecule has 0 saturated heterocycles. The zero-order chi connectivity index (χ0) is 8.55. The third-order valence-corrected chi connectivity index (χ3v) is 3.04. The first kappa shape index (κ1) is 7.56. The van der Waals surface area contributed by atoms with E-state index in [0.29, 0.717) is 0 Å². The van der Waals surface area contributed by atoms with E-state index >= 15 is 0 Å². The van der Waals surface area contributed by atoms with Gasteiger partial charge in [0.05, 0.1) is 0 Å². The van der Waals surface area contributed by atoms with Gasteiger partial charge in [0.25, 0.3) is 0 Å². The van der Waals surface area contributed by atoms with E-state index in [4.69, 9.17) is 0 Å². The van der Waals surface area contributed by atoms with Crippen molar-refractivity contribution in [3.8, 4) is 0 Å². The Labute approximate surface area is 75.4 Å². The number of benzene rings is 1. The quantitative estimate of drug-likeness (QED) is 0.465. The number of aldehydes is 1. The van der Waals surface area contributed by atoms with Gasteiger partial charge in [-0.1, -0.05) is 18.2 Å². The molecule has 2 rings (SSSR count). The fourth-order valence-electron chi connectivity index (χ4n) is 1.33. The van der Waals surface area contributed by atoms with Gasteiger partial charge in [-0.3, -0.25) is 4.79 Å². The summed E-state index contributed by atoms with van der Waals surface area (Å²) in [5.74, 6) is 0. The van der Waals surface area contributed by atoms with Crippen LogP contribution >= 0.6 is 11.3 Å². The molecule has 1 aromatic carbocycles. The number of hydrogen-bond donors (Lipinski definition) is 0. The van der Waals surface area contributed by atoms with Crippen LogP contribution in [0, 0.1) is 0 Å². The molecule has 0 atom stereocenters. The predicted molar refractivity (Wildman–Crippen MR) is 55.4 cm³/mol. The molecule has 0 aliphatic heterocycles. The third kappa shape index (κ3) is 0.977. The first-order chi connectivity index (χ1) is 5.83. The molecule has 0 saturated carbocycles. The number of hydrogen-bond acceptors (Lipinski definition) is 2. The van der Waals surface area contributed by atoms with Gasteiger partial charge in [-0.25, -0.2) is 0 Å². The molecule has 1 heterocycles. The molecule has 12 heavy (non-hydrogen) atoms. The molecule has 1 nitrogen and oxygen atoms in total. The zero-order valence-electron chi connectivity index (χ0n) is 6.70. The number of rotatable bonds is 1. The highest BCUT2D eigenvalue weighted by atomic mass is 32.1. The lowest BCUT2D eigenvalue weighted by Gasteiger charge is -1.87. The highest BCUT2D eigenvalue weighted by molar-refractivity contribution is 7.26. The number of carbonyl (C=O) groups excluding carboxylic acids is 1. The normalized spacial score (nSPS) is 10.3. The molecule has 58 valence electrons. The minimum Gasteiger partial charge on any atom is -0.298 e. The van der Waals surface area contributed by atoms with Crippen LogP contribution in [0.4, 0.5) is 0 Å². The van der Waals surface area contributed by atoms with Crippen molar-refractivity contribution < 1.29 is 4.79 Å². The number of carbonyl (C=O) groups is 1. The van der Waals surface area contributed by atoms with Gasteiger partial charge in [0.1, 0.15) is 0 Å². The summed E-state index contributed by atoms with van der Waals surface area (Å²) in [6.07, 6.45) is 0.939. The first-order valence-corrected chi connectivity index (χ1v) is 4.58. The van der Waals surface area contributed by atoms with Crippen molar-refractivity contribution >= 4 is 40.3 Å². The van der Waals surface area contributed by atoms with Crippen molar-refractivity contribution in [3.05, 3.63) is 29.8 Å². The van der Waals surface area contributed by atoms with E-state index < -0.39 is 0 Å². The maximum atomic E-state index is 10.7. The maximum absolute atomic E-state index is 10.7. The molecule has 1 aromatic heterocycles. The molecular weight excluding hydrogens is 167 g/mol. The largest absolute Gasteiger partial charge is 0.298 e. The lowest BCUT2D eigenvalue weighted by atomic mass is 10.0. The minimum atomic E-state index is 0.843. The Kier molecular flexibility index (Phi) is 1.73. The second kappa shape index (κ2) is 2.75. The highest BCUT2D eigenvalue weighted by Crippen LogP contribution is 2.21. The summed E-state index contributed by atoms with van der Waals surface area (Å²) in [5.41, 5.74) is 0.843. The fourth-order valence-corrected chi connectivity index (χ4v) is 2.37. The van der Waals surface area contributed by atoms with Gasteiger partial charge in [0.15, 0.2) is 14.1 Å². The summed E-state index contributed by atoms with van der Waals surface area (Å²) in [6, 6.07) is 7.98. The van der Waals surface area contributed by atoms with Crippen molar-refractivity contribution in [2.45, 2.75) is 0 Å². The van der Waals surface area contributed by atoms with Crippen molar-refractivity contribution in [1.29, 1.82) is 0 Å². The number of fused-ring (bicyclic) bond motifs is 1. The Bertz CT molecular complexity index is 433. The Morgan fingerprint density at radius 3 is 2.83 bits per heavy atom. The summed E-state index contributed by atoms with van der Waals surface area (Å²) >= 11 is 1.67. The second-order valence-corrected chi connectivity index (χ2v) is 3.94. The van der Waals surface area contributed by atoms with Gasteiger partial charge in [-0.2, -0.15) is 11.3 Å². The van der Waals surface area contributed by atoms with Crippen molar-refractivity contribution in [3.63, 3.8) is 0 Å². The topological polar surface area (TPSA) is 17.1 Å². The van der Waals surface area contributed by atoms with Crippen molar-refractivity contribution in [2.24, 2.45) is 0 Å². The second-order valence-electron chi connectivity index (χ2n) is 2.69. The van der Waals surface area contributed by atoms with Gasteiger partial charge in [-0.05, 0) is 10.8 Å². The van der Waals surface area contributed by atoms with E-state index in [1.54, 1.807) is 11.3 Å². The molecule has 2 aromatic rings. The molecule has 0 bridgehead atoms. The van der Waals surface area contributed by atoms with E-state index in [9.17, 15) is 4.79 Å². The van der Waals surface area contributed by atoms with Crippen molar-refractivity contribution in [2.75, 3.05) is 0 Å². The summed E-state index contributed by atoms with van der Waals surface area (Å²) in [5, 5.41) is 1.08. The summed E-state index contributed by atoms with van der Waals surface area (Å²) in [6.45, 7) is 0. The SMILES string of the molecule is Bc1sc2ccccc2c1C=O. The van der Waals surface area contributed by atoms with Crippen LogP contribution < -0.4 is 4.78 Å². The maximum Gasteiger partial charge on any atom is 0.153 e. The molecule has 0 aliphatic carbocycles. The van der Waals surface area contributed by atoms with Gasteiger partial charge in [0, 0.05) is 15.6 Å². The highest BCUT2D eigenvalue weighted by Gasteiger charge is 2.05. The van der Waals surface area contributed by atoms with Gasteiger partial charge in [0.2, 0.25) is 0 Å². The van der Waals surface area contributed by atoms with E-state index in [1.165, 1.54) is 4.70 Å². The van der Waals surface area contributed by atoms with Crippen LogP contribution in [0.15, 0.2) is 24.3 Å². The lowest BCUT2D eigenvalue weighted by molar-refractivity contribution is 0.112. The molecule has 0 unspecified atom stereocenters. The zero-order valence-corrected chi connectivity index (χ0v) is 7.52. The average molecular weight is 174 g/mol. The van der Waals surface area contributed by atoms with Gasteiger partial charge < -0.3 is 0 Å². The molecule has 0 radical (unpaired) electrons. The van der Waals surface area contributed by atoms with Crippen LogP contribution in [0.2, 0.25) is 0 Å². The molecule has 0 spiro atoms. The van der Waals surface area contributed by atoms with Crippen LogP contribution in [-0.2, 0) is 0 Å². The predicted octanol–water partition coefficient (Wildman–Crippen LogP) is 0.972. The number of thiophene rings is 1. The van der Waals surface area contributed by atoms with Crippen LogP contribution in [-0.4, -0.2) is 14.1 Å². The van der Waals surface area contributed by atoms with E-state index in [1.807, 2.05) is 32.1 Å². The molecule has 0 aliphatic rings. The average Bonchev–Trinajstić information content (AvgIpc) is 2.40. The third-order valence-electron chi connectivity index (χ3n) is 1.94. The van der Waals surface area contributed by atoms with E-state index in [-0.39, 0.29) is 0 Å². The first-order valence-electron chi connectivity index (χ1n) is 3.76. The molecule has 0 N–H and O–H groups in total. The Morgan fingerprint density at radius 1 is 1.33 bits per heavy atom. The Hall–Kier alpha value is -1.09. The van der Waals surface area contributed by atoms with Crippen LogP contribution in [0.25, 0.3) is 10.1 Å². The standard InChI is InChI=1S/C9H7BOS/c10-9-7(5-11)6-3-1-2-4-8(6)12-9/h1-5H,10H2. The van der Waals surface area contributed by atoms with E-state index in [0.717, 1.165) is 22.0 Å². The minimum absolute atomic E-state index is 0.843. The molecular formula is C9H7BOS. The molecule has 3 heteroatoms. The van der Waals surface area contributed by atoms with Crippen molar-refractivity contribution in [1.82, 2.24) is 0 Å². The monoisotopic (exact) mass is 174 g/mol. The summed E-state index contributed by atoms with van der Waals surface area (Å²) < 4.78 is 2.29. The summed E-state index contributed by atoms with van der Waals surface area (Å²) in [7, 11) is 1.98. The fraction of sp³-hybridized carbons (Fsp3) is 0. The van der Waals surface area contributed by atoms with Gasteiger partial charge >= 0.3 is 0 Å². The van der Waals surface area contributed by atoms with Gasteiger partial charge in [-0.15, -0.1) is 0 Å². The van der Waals surface area contributed by atoms with Crippen LogP contribution in [0.1, 0.15) is 10.4 Å². The molecule has 0 fully saturated rings.